The molecule has 0 spiro atoms. The summed E-state index contributed by atoms with van der Waals surface area (Å²) in [5, 5.41) is 0.836. The monoisotopic (exact) mass is 288 g/mol. The van der Waals surface area contributed by atoms with Gasteiger partial charge >= 0.3 is 0 Å². The second kappa shape index (κ2) is 5.54. The van der Waals surface area contributed by atoms with Crippen LogP contribution in [0, 0.1) is 5.82 Å². The van der Waals surface area contributed by atoms with Gasteiger partial charge in [0.1, 0.15) is 0 Å². The Kier molecular flexibility index (Phi) is 3.60. The van der Waals surface area contributed by atoms with Gasteiger partial charge in [-0.25, -0.2) is 9.37 Å². The first-order chi connectivity index (χ1) is 9.76. The zero-order valence-electron chi connectivity index (χ0n) is 10.9. The molecular formula is C15H13FN2OS. The van der Waals surface area contributed by atoms with Crippen LogP contribution < -0.4 is 4.74 Å². The number of rotatable bonds is 4. The number of halogens is 1. The summed E-state index contributed by atoms with van der Waals surface area (Å²) in [5.74, 6) is 0.582. The maximum absolute atomic E-state index is 13.6. The predicted octanol–water partition coefficient (Wildman–Crippen LogP) is 4.00. The molecule has 0 aliphatic rings. The smallest absolute Gasteiger partial charge is 0.166 e. The topological polar surface area (TPSA) is 37.9 Å². The lowest BCUT2D eigenvalue weighted by Crippen LogP contribution is -1.90. The van der Waals surface area contributed by atoms with E-state index in [1.54, 1.807) is 17.8 Å². The fourth-order valence-electron chi connectivity index (χ4n) is 1.95. The lowest BCUT2D eigenvalue weighted by molar-refractivity contribution is 0.386. The molecule has 0 aliphatic heterocycles. The molecule has 0 unspecified atom stereocenters. The van der Waals surface area contributed by atoms with E-state index < -0.39 is 0 Å². The zero-order valence-corrected chi connectivity index (χ0v) is 11.7. The zero-order chi connectivity index (χ0) is 13.9. The highest BCUT2D eigenvalue weighted by atomic mass is 32.2. The summed E-state index contributed by atoms with van der Waals surface area (Å²) < 4.78 is 18.5. The molecule has 1 aromatic heterocycles. The van der Waals surface area contributed by atoms with E-state index in [2.05, 4.69) is 9.97 Å². The normalized spacial score (nSPS) is 10.9. The lowest BCUT2D eigenvalue weighted by atomic mass is 10.2. The maximum Gasteiger partial charge on any atom is 0.166 e. The second-order valence-electron chi connectivity index (χ2n) is 4.32. The summed E-state index contributed by atoms with van der Waals surface area (Å²) >= 11 is 1.55. The number of para-hydroxylation sites is 2. The number of hydrogen-bond donors (Lipinski definition) is 1. The molecule has 5 heteroatoms. The van der Waals surface area contributed by atoms with Crippen LogP contribution in [0.3, 0.4) is 0 Å². The van der Waals surface area contributed by atoms with Crippen molar-refractivity contribution in [1.29, 1.82) is 0 Å². The van der Waals surface area contributed by atoms with Gasteiger partial charge in [-0.15, -0.1) is 0 Å². The number of nitrogens with zero attached hydrogens (tertiary/aromatic N) is 1. The summed E-state index contributed by atoms with van der Waals surface area (Å²) in [6, 6.07) is 12.9. The van der Waals surface area contributed by atoms with E-state index in [1.165, 1.54) is 13.2 Å². The maximum atomic E-state index is 13.6. The van der Waals surface area contributed by atoms with Crippen LogP contribution in [0.25, 0.3) is 11.0 Å². The molecule has 0 amide bonds. The van der Waals surface area contributed by atoms with E-state index in [1.807, 2.05) is 30.3 Å². The van der Waals surface area contributed by atoms with Crippen LogP contribution in [-0.2, 0) is 5.75 Å². The van der Waals surface area contributed by atoms with Gasteiger partial charge < -0.3 is 9.72 Å². The number of aromatic amines is 1. The van der Waals surface area contributed by atoms with Crippen molar-refractivity contribution in [3.05, 3.63) is 53.8 Å². The van der Waals surface area contributed by atoms with Crippen molar-refractivity contribution in [2.75, 3.05) is 7.11 Å². The van der Waals surface area contributed by atoms with Crippen LogP contribution >= 0.6 is 11.8 Å². The van der Waals surface area contributed by atoms with Gasteiger partial charge in [0.2, 0.25) is 0 Å². The average Bonchev–Trinajstić information content (AvgIpc) is 2.88. The van der Waals surface area contributed by atoms with E-state index in [-0.39, 0.29) is 11.6 Å². The Balaban J connectivity index is 1.74. The number of methoxy groups -OCH3 is 1. The van der Waals surface area contributed by atoms with Crippen molar-refractivity contribution in [2.24, 2.45) is 0 Å². The van der Waals surface area contributed by atoms with Crippen molar-refractivity contribution >= 4 is 22.8 Å². The molecule has 0 atom stereocenters. The quantitative estimate of drug-likeness (QED) is 0.737. The highest BCUT2D eigenvalue weighted by Crippen LogP contribution is 2.25. The summed E-state index contributed by atoms with van der Waals surface area (Å²) in [7, 11) is 1.46. The first kappa shape index (κ1) is 13.0. The van der Waals surface area contributed by atoms with Gasteiger partial charge in [0.05, 0.1) is 18.1 Å². The Hall–Kier alpha value is -2.01. The number of benzene rings is 2. The Labute approximate surface area is 120 Å². The molecule has 0 radical (unpaired) electrons. The van der Waals surface area contributed by atoms with E-state index in [0.717, 1.165) is 21.8 Å². The first-order valence-corrected chi connectivity index (χ1v) is 7.15. The number of H-pyrrole nitrogens is 1. The molecule has 1 heterocycles. The fourth-order valence-corrected chi connectivity index (χ4v) is 2.78. The fraction of sp³-hybridized carbons (Fsp3) is 0.133. The number of aromatic nitrogens is 2. The number of fused-ring (bicyclic) bond motifs is 1. The summed E-state index contributed by atoms with van der Waals surface area (Å²) in [5.41, 5.74) is 2.85. The minimum Gasteiger partial charge on any atom is -0.494 e. The number of imidazole rings is 1. The highest BCUT2D eigenvalue weighted by molar-refractivity contribution is 7.98. The van der Waals surface area contributed by atoms with Gasteiger partial charge in [-0.2, -0.15) is 0 Å². The number of ether oxygens (including phenoxy) is 1. The van der Waals surface area contributed by atoms with E-state index in [9.17, 15) is 4.39 Å². The Morgan fingerprint density at radius 1 is 1.25 bits per heavy atom. The standard InChI is InChI=1S/C15H13FN2OS/c1-19-14-7-6-10(8-11(14)16)9-20-15-17-12-4-2-3-5-13(12)18-15/h2-8H,9H2,1H3,(H,17,18). The van der Waals surface area contributed by atoms with Crippen LogP contribution in [0.5, 0.6) is 5.75 Å². The van der Waals surface area contributed by atoms with Gasteiger partial charge in [0, 0.05) is 5.75 Å². The van der Waals surface area contributed by atoms with Crippen molar-refractivity contribution in [2.45, 2.75) is 10.9 Å². The Bertz CT molecular complexity index is 709. The van der Waals surface area contributed by atoms with Crippen LogP contribution in [0.15, 0.2) is 47.6 Å². The van der Waals surface area contributed by atoms with E-state index >= 15 is 0 Å². The van der Waals surface area contributed by atoms with Crippen molar-refractivity contribution in [1.82, 2.24) is 9.97 Å². The van der Waals surface area contributed by atoms with Crippen LogP contribution in [0.1, 0.15) is 5.56 Å². The van der Waals surface area contributed by atoms with Gasteiger partial charge in [-0.3, -0.25) is 0 Å². The molecule has 3 rings (SSSR count). The molecule has 0 bridgehead atoms. The third-order valence-corrected chi connectivity index (χ3v) is 3.90. The molecule has 0 saturated heterocycles. The molecule has 3 nitrogen and oxygen atoms in total. The van der Waals surface area contributed by atoms with Gasteiger partial charge in [0.25, 0.3) is 0 Å². The van der Waals surface area contributed by atoms with Crippen LogP contribution in [0.4, 0.5) is 4.39 Å². The molecule has 1 N–H and O–H groups in total. The number of hydrogen-bond acceptors (Lipinski definition) is 3. The van der Waals surface area contributed by atoms with Gasteiger partial charge in [-0.1, -0.05) is 30.0 Å². The van der Waals surface area contributed by atoms with Gasteiger partial charge in [0.15, 0.2) is 16.7 Å². The average molecular weight is 288 g/mol. The minimum atomic E-state index is -0.338. The van der Waals surface area contributed by atoms with Crippen LogP contribution in [-0.4, -0.2) is 17.1 Å². The Morgan fingerprint density at radius 2 is 2.10 bits per heavy atom. The number of nitrogens with one attached hydrogen (secondary N) is 1. The van der Waals surface area contributed by atoms with Gasteiger partial charge in [-0.05, 0) is 29.8 Å². The van der Waals surface area contributed by atoms with Crippen molar-refractivity contribution < 1.29 is 9.13 Å². The summed E-state index contributed by atoms with van der Waals surface area (Å²) in [6.45, 7) is 0. The first-order valence-electron chi connectivity index (χ1n) is 6.16. The third kappa shape index (κ3) is 2.63. The van der Waals surface area contributed by atoms with Crippen molar-refractivity contribution in [3.63, 3.8) is 0 Å². The molecule has 3 aromatic rings. The minimum absolute atomic E-state index is 0.266. The molecular weight excluding hydrogens is 275 g/mol. The molecule has 0 aliphatic carbocycles. The van der Waals surface area contributed by atoms with E-state index in [4.69, 9.17) is 4.74 Å². The molecule has 0 saturated carbocycles. The molecule has 2 aromatic carbocycles. The van der Waals surface area contributed by atoms with Crippen molar-refractivity contribution in [3.8, 4) is 5.75 Å². The number of thioether (sulfide) groups is 1. The lowest BCUT2D eigenvalue weighted by Gasteiger charge is -2.04. The Morgan fingerprint density at radius 3 is 2.85 bits per heavy atom. The summed E-state index contributed by atoms with van der Waals surface area (Å²) in [4.78, 5) is 7.71. The largest absolute Gasteiger partial charge is 0.494 e. The molecule has 20 heavy (non-hydrogen) atoms. The van der Waals surface area contributed by atoms with Crippen LogP contribution in [0.2, 0.25) is 0 Å². The predicted molar refractivity (Wildman–Crippen MR) is 78.6 cm³/mol. The second-order valence-corrected chi connectivity index (χ2v) is 5.28. The summed E-state index contributed by atoms with van der Waals surface area (Å²) in [6.07, 6.45) is 0. The van der Waals surface area contributed by atoms with E-state index in [0.29, 0.717) is 5.75 Å². The molecule has 102 valence electrons. The third-order valence-electron chi connectivity index (χ3n) is 2.96. The SMILES string of the molecule is COc1ccc(CSc2nc3ccccc3[nH]2)cc1F. The molecule has 0 fully saturated rings. The highest BCUT2D eigenvalue weighted by Gasteiger charge is 2.06.